The van der Waals surface area contributed by atoms with Gasteiger partial charge in [-0.1, -0.05) is 96.5 Å². The Hall–Kier alpha value is -11.8. The minimum Gasteiger partial charge on any atom is -0.744 e. The van der Waals surface area contributed by atoms with Crippen molar-refractivity contribution < 1.29 is 143 Å². The monoisotopic (exact) mass is 2110 g/mol. The zero-order valence-corrected chi connectivity index (χ0v) is 83.6. The van der Waals surface area contributed by atoms with Gasteiger partial charge >= 0.3 is 5.97 Å². The number of carbonyl (C=O) groups is 13. The Kier molecular flexibility index (Phi) is 41.6. The molecule has 5 aromatic rings. The van der Waals surface area contributed by atoms with Crippen LogP contribution >= 0.6 is 33.3 Å². The molecule has 7 atom stereocenters. The maximum atomic E-state index is 15.1. The van der Waals surface area contributed by atoms with Crippen molar-refractivity contribution in [2.24, 2.45) is 11.5 Å². The van der Waals surface area contributed by atoms with Gasteiger partial charge in [0.05, 0.1) is 78.5 Å². The van der Waals surface area contributed by atoms with E-state index in [1.54, 1.807) is 86.7 Å². The normalized spacial score (nSPS) is 20.0. The molecule has 2 bridgehead atoms. The third-order valence-electron chi connectivity index (χ3n) is 22.6. The summed E-state index contributed by atoms with van der Waals surface area (Å²) in [4.78, 5) is 178. The number of nitrogens with two attached hydrogens (primary N) is 2. The highest BCUT2D eigenvalue weighted by Crippen LogP contribution is 2.53. The van der Waals surface area contributed by atoms with Gasteiger partial charge in [0, 0.05) is 90.8 Å². The van der Waals surface area contributed by atoms with E-state index in [-0.39, 0.29) is 145 Å². The van der Waals surface area contributed by atoms with Crippen LogP contribution in [0.2, 0.25) is 0 Å². The van der Waals surface area contributed by atoms with Crippen molar-refractivity contribution in [3.8, 4) is 0 Å². The van der Waals surface area contributed by atoms with E-state index >= 15 is 4.79 Å². The number of fused-ring (bicyclic) bond motifs is 9. The number of thioether (sulfide) groups is 1. The van der Waals surface area contributed by atoms with Gasteiger partial charge in [-0.15, -0.1) is 11.8 Å². The molecule has 0 aromatic heterocycles. The second kappa shape index (κ2) is 52.0. The number of aliphatic carboxylic acids is 1. The number of anilines is 1. The molecule has 0 unspecified atom stereocenters. The lowest BCUT2D eigenvalue weighted by atomic mass is 9.79. The Morgan fingerprint density at radius 3 is 1.73 bits per heavy atom. The van der Waals surface area contributed by atoms with Crippen molar-refractivity contribution in [3.63, 3.8) is 0 Å². The average Bonchev–Trinajstić information content (AvgIpc) is 1.56. The Bertz CT molecular complexity index is 6210. The highest BCUT2D eigenvalue weighted by Gasteiger charge is 2.47. The molecule has 4 heterocycles. The van der Waals surface area contributed by atoms with Crippen molar-refractivity contribution in [3.05, 3.63) is 132 Å². The summed E-state index contributed by atoms with van der Waals surface area (Å²) in [7, 11) is -19.7. The number of amides is 12. The van der Waals surface area contributed by atoms with E-state index < -0.39 is 219 Å². The van der Waals surface area contributed by atoms with Gasteiger partial charge in [0.1, 0.15) is 58.9 Å². The first-order valence-electron chi connectivity index (χ1n) is 44.6. The molecular weight excluding hydrogens is 2000 g/mol. The fourth-order valence-electron chi connectivity index (χ4n) is 16.1. The molecule has 0 saturated carbocycles. The van der Waals surface area contributed by atoms with E-state index in [9.17, 15) is 115 Å². The van der Waals surface area contributed by atoms with Crippen molar-refractivity contribution in [1.29, 1.82) is 5.41 Å². The number of hydrogen-bond donors (Lipinski definition) is 19. The molecule has 2 fully saturated rings. The predicted molar refractivity (Wildman–Crippen MR) is 520 cm³/mol. The predicted octanol–water partition coefficient (Wildman–Crippen LogP) is -0.0368. The maximum Gasteiger partial charge on any atom is 0.305 e. The fourth-order valence-corrected chi connectivity index (χ4v) is 21.9. The number of carbonyl (C=O) groups excluding carboxylic acids is 12. The van der Waals surface area contributed by atoms with E-state index in [0.29, 0.717) is 111 Å². The molecule has 0 spiro atoms. The smallest absolute Gasteiger partial charge is 0.305 e. The van der Waals surface area contributed by atoms with E-state index in [1.165, 1.54) is 12.1 Å². The van der Waals surface area contributed by atoms with E-state index in [4.69, 9.17) is 35.8 Å². The van der Waals surface area contributed by atoms with Crippen LogP contribution in [0.5, 0.6) is 0 Å². The second-order valence-corrected chi connectivity index (χ2v) is 42.9. The summed E-state index contributed by atoms with van der Waals surface area (Å²) in [5, 5.41) is 42.5. The van der Waals surface area contributed by atoms with Gasteiger partial charge in [-0.2, -0.15) is 29.8 Å². The first kappa shape index (κ1) is 114. The zero-order chi connectivity index (χ0) is 104. The van der Waals surface area contributed by atoms with Crippen LogP contribution in [0.4, 0.5) is 11.4 Å². The summed E-state index contributed by atoms with van der Waals surface area (Å²) in [6, 6.07) is 10.8. The number of guanidine groups is 1. The quantitative estimate of drug-likeness (QED) is 0.00463. The van der Waals surface area contributed by atoms with Crippen LogP contribution in [0, 0.1) is 5.41 Å². The molecular formula is C88H115N17O30S7. The van der Waals surface area contributed by atoms with Crippen LogP contribution in [0.3, 0.4) is 0 Å². The molecule has 47 nitrogen and oxygen atoms in total. The van der Waals surface area contributed by atoms with Crippen molar-refractivity contribution in [2.45, 2.75) is 176 Å². The molecule has 54 heteroatoms. The molecule has 12 amide bonds. The highest BCUT2D eigenvalue weighted by molar-refractivity contribution is 8.77. The van der Waals surface area contributed by atoms with Crippen LogP contribution in [0.1, 0.15) is 116 Å². The third-order valence-corrected chi connectivity index (χ3v) is 29.8. The van der Waals surface area contributed by atoms with Crippen molar-refractivity contribution in [1.82, 2.24) is 63.8 Å². The van der Waals surface area contributed by atoms with E-state index in [0.717, 1.165) is 12.1 Å². The average molecular weight is 2120 g/mol. The third kappa shape index (κ3) is 32.6. The topological polar surface area (TPSA) is 726 Å². The van der Waals surface area contributed by atoms with Gasteiger partial charge in [0.2, 0.25) is 58.9 Å². The van der Waals surface area contributed by atoms with E-state index in [1.807, 2.05) is 30.2 Å². The Morgan fingerprint density at radius 2 is 1.12 bits per heavy atom. The number of unbranched alkanes of at least 4 members (excludes halogenated alkanes) is 3. The van der Waals surface area contributed by atoms with E-state index in [2.05, 4.69) is 63.8 Å². The summed E-state index contributed by atoms with van der Waals surface area (Å²) < 4.78 is 169. The zero-order valence-electron chi connectivity index (χ0n) is 77.8. The lowest BCUT2D eigenvalue weighted by molar-refractivity contribution is -0.433. The Balaban J connectivity index is 0.927. The molecule has 0 aliphatic carbocycles. The SMILES string of the molecule is CC[N+]1=C(/C=C/C=C/C=C2/N(CCCCCC(=O)NCCCC[C@@H]3NC(=O)CS[C@H](C(=O)NCCOCCOCCOCCNC(=O)COCC(N)=O)NC(=O)[C@H](Cc4ccccc4)NC(=O)[C@@H]4NC(=O)[C@H](CC(=O)O)NC(=O)CNC(=O)[C@H](CCCNC(=N)N)NC(=O)[C@H](NC3=O)SS4)c3ccc4c(S(=O)(=O)O)cc(S(=O)(=O)O)cc4c3C2(C)C)C(C)(C)c2c1ccc1c(S(=O)(=O)[O-])cc(S(=O)(=O)O)cc21. The lowest BCUT2D eigenvalue weighted by Gasteiger charge is -2.27. The molecule has 5 aromatic carbocycles. The summed E-state index contributed by atoms with van der Waals surface area (Å²) >= 11 is 0.570. The lowest BCUT2D eigenvalue weighted by Crippen LogP contribution is -2.58. The standard InChI is InChI=1S/C88H115N17O30S7/c1-6-104-62-28-26-54-56(42-52(139(120,121)122)44-64(54)141(126,127)128)74(62)87(2,3)66(104)23-12-8-13-24-67-88(4,5)75-57-43-53(140(123,124)125)45-65(142(129,130)131)55(57)27-29-63(75)105(67)34-17-9-14-25-69(107)92-30-16-15-21-59-77(114)102-84-81(118)99-58(22-18-31-95-86(90)91)76(113)96-47-70(108)98-61(46-73(111)112)79(116)103-85(138-137-84)82(119)100-60(41-51-19-10-7-11-20-51)78(115)101-83(136-50-72(110)97-59)80(117)94-33-36-133-38-40-134-39-37-132-35-32-93-71(109)49-135-48-68(89)106/h7-8,10-13,19-20,23-24,26-29,42-45,58-61,83-85H,6,9,14-18,21-22,25,30-41,46-50H2,1-5H3,(H21-,89,90,91,92,93,94,95,96,97,98,99,100,101,102,103,106,107,108,109,110,111,112,113,114,115,116,117,118,119,120,121,122,123,124,125,126,127,128,129,130,131)/t58-,59-,60-,61-,83+,84+,85+/m0/s1. The number of hydrogen-bond acceptors (Lipinski definition) is 31. The molecule has 21 N–H and O–H groups in total. The molecule has 0 radical (unpaired) electrons. The minimum absolute atomic E-state index is 0.00775. The van der Waals surface area contributed by atoms with Crippen LogP contribution in [-0.2, 0) is 139 Å². The molecule has 4 aliphatic rings. The fraction of sp³-hybridized carbons (Fsp3) is 0.466. The number of allylic oxidation sites excluding steroid dienone is 6. The number of ether oxygens (including phenoxy) is 4. The number of carboxylic acid groups (broad SMARTS) is 1. The second-order valence-electron chi connectivity index (χ2n) is 33.8. The summed E-state index contributed by atoms with van der Waals surface area (Å²) in [6.45, 7) is 8.22. The van der Waals surface area contributed by atoms with Crippen LogP contribution in [0.15, 0.2) is 135 Å². The molecule has 774 valence electrons. The van der Waals surface area contributed by atoms with Gasteiger partial charge in [0.15, 0.2) is 27.8 Å². The molecule has 2 saturated heterocycles. The van der Waals surface area contributed by atoms with Gasteiger partial charge in [-0.3, -0.25) is 81.4 Å². The van der Waals surface area contributed by atoms with Crippen LogP contribution in [0.25, 0.3) is 21.5 Å². The number of nitrogens with one attached hydrogen (secondary N) is 13. The highest BCUT2D eigenvalue weighted by atomic mass is 33.1. The number of primary amides is 1. The minimum atomic E-state index is -5.28. The first-order chi connectivity index (χ1) is 67.0. The number of carboxylic acids is 1. The van der Waals surface area contributed by atoms with Crippen molar-refractivity contribution in [2.75, 3.05) is 109 Å². The van der Waals surface area contributed by atoms with Gasteiger partial charge in [-0.25, -0.2) is 8.42 Å². The molecule has 9 rings (SSSR count). The van der Waals surface area contributed by atoms with Crippen LogP contribution < -0.4 is 80.2 Å². The van der Waals surface area contributed by atoms with Gasteiger partial charge in [0.25, 0.3) is 48.1 Å². The largest absolute Gasteiger partial charge is 0.744 e. The molecule has 142 heavy (non-hydrogen) atoms. The number of rotatable bonds is 44. The van der Waals surface area contributed by atoms with Crippen LogP contribution in [-0.4, -0.2) is 295 Å². The van der Waals surface area contributed by atoms with Gasteiger partial charge in [-0.05, 0) is 130 Å². The molecule has 4 aliphatic heterocycles. The maximum absolute atomic E-state index is 15.1. The summed E-state index contributed by atoms with van der Waals surface area (Å²) in [5.41, 5.74) is 12.0. The Labute approximate surface area is 830 Å². The Morgan fingerprint density at radius 1 is 0.556 bits per heavy atom. The first-order valence-corrected chi connectivity index (χ1v) is 53.7. The van der Waals surface area contributed by atoms with Gasteiger partial charge < -0.3 is 109 Å². The number of nitrogens with zero attached hydrogens (tertiary/aromatic N) is 2. The number of benzene rings is 5. The van der Waals surface area contributed by atoms with Crippen molar-refractivity contribution >= 4 is 195 Å². The summed E-state index contributed by atoms with van der Waals surface area (Å²) in [5.74, 6) is -14.0. The summed E-state index contributed by atoms with van der Waals surface area (Å²) in [6.07, 6.45) is 8.04.